The van der Waals surface area contributed by atoms with Crippen LogP contribution in [-0.4, -0.2) is 42.4 Å². The van der Waals surface area contributed by atoms with E-state index in [1.54, 1.807) is 0 Å². The first-order valence-corrected chi connectivity index (χ1v) is 6.62. The molecule has 0 aliphatic carbocycles. The first-order chi connectivity index (χ1) is 10.3. The van der Waals surface area contributed by atoms with Crippen LogP contribution in [0.5, 0.6) is 5.88 Å². The number of amides is 1. The molecule has 0 atom stereocenters. The summed E-state index contributed by atoms with van der Waals surface area (Å²) in [7, 11) is 0. The molecular weight excluding hydrogens is 374 g/mol. The molecule has 1 aliphatic heterocycles. The lowest BCUT2D eigenvalue weighted by Crippen LogP contribution is -2.54. The van der Waals surface area contributed by atoms with Crippen LogP contribution in [0, 0.1) is 0 Å². The molecule has 1 fully saturated rings. The van der Waals surface area contributed by atoms with Crippen LogP contribution in [0.15, 0.2) is 18.3 Å². The Hall–Kier alpha value is -1.29. The Morgan fingerprint density at radius 2 is 1.96 bits per heavy atom. The van der Waals surface area contributed by atoms with Crippen molar-refractivity contribution in [1.82, 2.24) is 4.98 Å². The van der Waals surface area contributed by atoms with Crippen molar-refractivity contribution >= 4 is 36.4 Å². The number of carbonyl (C=O) groups excluding carboxylic acids is 1. The smallest absolute Gasteiger partial charge is 0.422 e. The van der Waals surface area contributed by atoms with Crippen LogP contribution < -0.4 is 15.8 Å². The third kappa shape index (κ3) is 6.68. The van der Waals surface area contributed by atoms with Crippen molar-refractivity contribution in [1.29, 1.82) is 0 Å². The Balaban J connectivity index is 0.00000264. The molecule has 138 valence electrons. The average Bonchev–Trinajstić information content (AvgIpc) is 2.46. The van der Waals surface area contributed by atoms with Gasteiger partial charge in [-0.15, -0.1) is 24.8 Å². The van der Waals surface area contributed by atoms with Crippen molar-refractivity contribution in [3.05, 3.63) is 18.3 Å². The van der Waals surface area contributed by atoms with Crippen molar-refractivity contribution in [2.45, 2.75) is 24.6 Å². The summed E-state index contributed by atoms with van der Waals surface area (Å²) in [5, 5.41) is 2.59. The third-order valence-electron chi connectivity index (χ3n) is 3.22. The highest BCUT2D eigenvalue weighted by molar-refractivity contribution is 5.97. The van der Waals surface area contributed by atoms with Gasteiger partial charge in [0.05, 0.1) is 11.9 Å². The molecular formula is C13H18Cl2F3N3O3. The number of ether oxygens (including phenoxy) is 2. The highest BCUT2D eigenvalue weighted by Gasteiger charge is 2.36. The maximum atomic E-state index is 12.1. The Morgan fingerprint density at radius 3 is 2.46 bits per heavy atom. The fraction of sp³-hybridized carbons (Fsp3) is 0.538. The minimum Gasteiger partial charge on any atom is -0.468 e. The quantitative estimate of drug-likeness (QED) is 0.822. The van der Waals surface area contributed by atoms with Crippen molar-refractivity contribution in [3.8, 4) is 5.88 Å². The van der Waals surface area contributed by atoms with Gasteiger partial charge in [0.25, 0.3) is 0 Å². The molecule has 0 unspecified atom stereocenters. The van der Waals surface area contributed by atoms with E-state index in [-0.39, 0.29) is 36.6 Å². The second kappa shape index (κ2) is 9.26. The SMILES string of the molecule is Cl.Cl.NC1(C(=O)Nc2ccc(OCC(F)(F)F)nc2)CCOCC1. The van der Waals surface area contributed by atoms with Crippen molar-refractivity contribution in [2.24, 2.45) is 5.73 Å². The summed E-state index contributed by atoms with van der Waals surface area (Å²) in [4.78, 5) is 15.8. The van der Waals surface area contributed by atoms with E-state index in [0.29, 0.717) is 31.7 Å². The van der Waals surface area contributed by atoms with E-state index < -0.39 is 18.3 Å². The standard InChI is InChI=1S/C13H16F3N3O3.2ClH/c14-13(15,16)8-22-10-2-1-9(7-18-10)19-11(20)12(17)3-5-21-6-4-12;;/h1-2,7H,3-6,8,17H2,(H,19,20);2*1H. The Labute approximate surface area is 149 Å². The Bertz CT molecular complexity index is 523. The minimum atomic E-state index is -4.43. The molecule has 24 heavy (non-hydrogen) atoms. The van der Waals surface area contributed by atoms with Gasteiger partial charge in [0.15, 0.2) is 6.61 Å². The van der Waals surface area contributed by atoms with Gasteiger partial charge >= 0.3 is 6.18 Å². The van der Waals surface area contributed by atoms with Crippen LogP contribution in [0.25, 0.3) is 0 Å². The molecule has 0 saturated carbocycles. The van der Waals surface area contributed by atoms with Gasteiger partial charge in [0.1, 0.15) is 5.54 Å². The van der Waals surface area contributed by atoms with Crippen LogP contribution in [0.2, 0.25) is 0 Å². The molecule has 11 heteroatoms. The summed E-state index contributed by atoms with van der Waals surface area (Å²) >= 11 is 0. The molecule has 1 amide bonds. The van der Waals surface area contributed by atoms with Crippen LogP contribution in [0.3, 0.4) is 0 Å². The second-order valence-corrected chi connectivity index (χ2v) is 5.01. The lowest BCUT2D eigenvalue weighted by molar-refractivity contribution is -0.154. The zero-order chi connectivity index (χ0) is 16.2. The number of halogens is 5. The largest absolute Gasteiger partial charge is 0.468 e. The number of pyridine rings is 1. The molecule has 1 saturated heterocycles. The third-order valence-corrected chi connectivity index (χ3v) is 3.22. The van der Waals surface area contributed by atoms with Crippen LogP contribution in [0.4, 0.5) is 18.9 Å². The van der Waals surface area contributed by atoms with Gasteiger partial charge in [-0.25, -0.2) is 4.98 Å². The number of rotatable bonds is 4. The zero-order valence-corrected chi connectivity index (χ0v) is 14.1. The van der Waals surface area contributed by atoms with Gasteiger partial charge < -0.3 is 20.5 Å². The van der Waals surface area contributed by atoms with Gasteiger partial charge in [-0.3, -0.25) is 4.79 Å². The summed E-state index contributed by atoms with van der Waals surface area (Å²) in [6.45, 7) is -0.601. The molecule has 3 N–H and O–H groups in total. The summed E-state index contributed by atoms with van der Waals surface area (Å²) in [5.74, 6) is -0.551. The number of nitrogens with zero attached hydrogens (tertiary/aromatic N) is 1. The van der Waals surface area contributed by atoms with Gasteiger partial charge in [-0.05, 0) is 18.9 Å². The molecule has 0 bridgehead atoms. The van der Waals surface area contributed by atoms with E-state index in [4.69, 9.17) is 10.5 Å². The fourth-order valence-electron chi connectivity index (χ4n) is 1.91. The van der Waals surface area contributed by atoms with Gasteiger partial charge in [0, 0.05) is 19.3 Å². The molecule has 0 spiro atoms. The van der Waals surface area contributed by atoms with Gasteiger partial charge in [-0.2, -0.15) is 13.2 Å². The number of hydrogen-bond acceptors (Lipinski definition) is 5. The van der Waals surface area contributed by atoms with Crippen molar-refractivity contribution < 1.29 is 27.4 Å². The van der Waals surface area contributed by atoms with Crippen molar-refractivity contribution in [2.75, 3.05) is 25.1 Å². The maximum Gasteiger partial charge on any atom is 0.422 e. The predicted octanol–water partition coefficient (Wildman–Crippen LogP) is 2.31. The summed E-state index contributed by atoms with van der Waals surface area (Å²) < 4.78 is 45.7. The number of alkyl halides is 3. The van der Waals surface area contributed by atoms with E-state index >= 15 is 0 Å². The molecule has 2 rings (SSSR count). The number of hydrogen-bond donors (Lipinski definition) is 2. The first kappa shape index (κ1) is 22.7. The molecule has 0 aromatic carbocycles. The second-order valence-electron chi connectivity index (χ2n) is 5.01. The van der Waals surface area contributed by atoms with Gasteiger partial charge in [-0.1, -0.05) is 0 Å². The molecule has 0 radical (unpaired) electrons. The zero-order valence-electron chi connectivity index (χ0n) is 12.5. The number of carbonyl (C=O) groups is 1. The molecule has 2 heterocycles. The predicted molar refractivity (Wildman–Crippen MR) is 85.9 cm³/mol. The summed E-state index contributed by atoms with van der Waals surface area (Å²) in [6.07, 6.45) is -2.41. The normalized spacial score (nSPS) is 16.3. The topological polar surface area (TPSA) is 86.5 Å². The minimum absolute atomic E-state index is 0. The summed E-state index contributed by atoms with van der Waals surface area (Å²) in [5.41, 5.74) is 5.34. The Morgan fingerprint density at radius 1 is 1.33 bits per heavy atom. The highest BCUT2D eigenvalue weighted by atomic mass is 35.5. The lowest BCUT2D eigenvalue weighted by atomic mass is 9.90. The molecule has 1 aliphatic rings. The fourth-order valence-corrected chi connectivity index (χ4v) is 1.91. The number of anilines is 1. The summed E-state index contributed by atoms with van der Waals surface area (Å²) in [6, 6.07) is 2.65. The maximum absolute atomic E-state index is 12.1. The highest BCUT2D eigenvalue weighted by Crippen LogP contribution is 2.21. The molecule has 1 aromatic rings. The number of nitrogens with one attached hydrogen (secondary N) is 1. The van der Waals surface area contributed by atoms with Gasteiger partial charge in [0.2, 0.25) is 11.8 Å². The van der Waals surface area contributed by atoms with E-state index in [2.05, 4.69) is 15.0 Å². The molecule has 1 aromatic heterocycles. The lowest BCUT2D eigenvalue weighted by Gasteiger charge is -2.31. The van der Waals surface area contributed by atoms with E-state index in [1.807, 2.05) is 0 Å². The Kier molecular flexibility index (Phi) is 8.76. The number of aromatic nitrogens is 1. The van der Waals surface area contributed by atoms with Crippen molar-refractivity contribution in [3.63, 3.8) is 0 Å². The number of nitrogens with two attached hydrogens (primary N) is 1. The van der Waals surface area contributed by atoms with Crippen LogP contribution >= 0.6 is 24.8 Å². The average molecular weight is 392 g/mol. The monoisotopic (exact) mass is 391 g/mol. The van der Waals surface area contributed by atoms with E-state index in [9.17, 15) is 18.0 Å². The van der Waals surface area contributed by atoms with E-state index in [1.165, 1.54) is 18.3 Å². The van der Waals surface area contributed by atoms with Crippen LogP contribution in [-0.2, 0) is 9.53 Å². The van der Waals surface area contributed by atoms with E-state index in [0.717, 1.165) is 0 Å². The molecule has 6 nitrogen and oxygen atoms in total. The first-order valence-electron chi connectivity index (χ1n) is 6.62. The van der Waals surface area contributed by atoms with Crippen LogP contribution in [0.1, 0.15) is 12.8 Å².